The molecule has 0 radical (unpaired) electrons. The van der Waals surface area contributed by atoms with Crippen LogP contribution in [0.4, 0.5) is 5.69 Å². The molecule has 0 aliphatic heterocycles. The summed E-state index contributed by atoms with van der Waals surface area (Å²) in [5.74, 6) is 0.0348. The van der Waals surface area contributed by atoms with Gasteiger partial charge in [0.1, 0.15) is 0 Å². The van der Waals surface area contributed by atoms with Crippen LogP contribution in [0.2, 0.25) is 0 Å². The maximum absolute atomic E-state index is 11.3. The van der Waals surface area contributed by atoms with E-state index in [2.05, 4.69) is 41.8 Å². The predicted octanol–water partition coefficient (Wildman–Crippen LogP) is 3.15. The van der Waals surface area contributed by atoms with Crippen LogP contribution in [0, 0.1) is 0 Å². The van der Waals surface area contributed by atoms with E-state index < -0.39 is 0 Å². The zero-order valence-electron chi connectivity index (χ0n) is 12.6. The minimum absolute atomic E-state index is 0.0348. The van der Waals surface area contributed by atoms with Gasteiger partial charge in [-0.3, -0.25) is 4.79 Å². The molecule has 21 heavy (non-hydrogen) atoms. The van der Waals surface area contributed by atoms with Crippen molar-refractivity contribution in [1.29, 1.82) is 0 Å². The molecule has 0 heterocycles. The number of likely N-dealkylation sites (N-methyl/N-ethyl adjacent to an activating group) is 1. The number of benzene rings is 2. The van der Waals surface area contributed by atoms with Crippen LogP contribution in [0.25, 0.3) is 0 Å². The molecule has 0 saturated heterocycles. The minimum atomic E-state index is 0.0348. The third kappa shape index (κ3) is 4.35. The van der Waals surface area contributed by atoms with Gasteiger partial charge in [-0.1, -0.05) is 43.3 Å². The smallest absolute Gasteiger partial charge is 0.224 e. The molecule has 0 fully saturated rings. The van der Waals surface area contributed by atoms with Gasteiger partial charge in [-0.05, 0) is 35.2 Å². The molecule has 0 aliphatic rings. The molecular formula is C18H22N2O. The molecule has 0 saturated carbocycles. The molecular weight excluding hydrogens is 260 g/mol. The first kappa shape index (κ1) is 15.1. The number of carbonyl (C=O) groups is 1. The monoisotopic (exact) mass is 282 g/mol. The highest BCUT2D eigenvalue weighted by molar-refractivity contribution is 5.78. The Balaban J connectivity index is 1.96. The third-order valence-electron chi connectivity index (χ3n) is 3.58. The first-order valence-electron chi connectivity index (χ1n) is 7.33. The lowest BCUT2D eigenvalue weighted by atomic mass is 10.1. The average molecular weight is 282 g/mol. The molecule has 0 atom stereocenters. The fourth-order valence-corrected chi connectivity index (χ4v) is 2.29. The molecule has 110 valence electrons. The Bertz CT molecular complexity index is 590. The fraction of sp³-hybridized carbons (Fsp3) is 0.278. The van der Waals surface area contributed by atoms with Gasteiger partial charge in [0.25, 0.3) is 0 Å². The van der Waals surface area contributed by atoms with Gasteiger partial charge in [0.05, 0.1) is 6.42 Å². The number of hydrogen-bond acceptors (Lipinski definition) is 2. The number of rotatable bonds is 6. The molecule has 0 spiro atoms. The van der Waals surface area contributed by atoms with Gasteiger partial charge in [-0.2, -0.15) is 0 Å². The molecule has 2 rings (SSSR count). The number of carbonyl (C=O) groups excluding carboxylic acids is 1. The van der Waals surface area contributed by atoms with Crippen LogP contribution in [0.15, 0.2) is 48.5 Å². The Morgan fingerprint density at radius 3 is 2.29 bits per heavy atom. The van der Waals surface area contributed by atoms with Gasteiger partial charge in [0.2, 0.25) is 5.91 Å². The van der Waals surface area contributed by atoms with Gasteiger partial charge in [0.15, 0.2) is 0 Å². The van der Waals surface area contributed by atoms with Crippen LogP contribution in [-0.4, -0.2) is 13.0 Å². The molecule has 0 bridgehead atoms. The second kappa shape index (κ2) is 7.48. The number of amides is 1. The van der Waals surface area contributed by atoms with Crippen molar-refractivity contribution >= 4 is 11.6 Å². The summed E-state index contributed by atoms with van der Waals surface area (Å²) in [5.41, 5.74) is 4.80. The molecule has 2 aromatic rings. The van der Waals surface area contributed by atoms with Gasteiger partial charge >= 0.3 is 0 Å². The van der Waals surface area contributed by atoms with Crippen molar-refractivity contribution in [3.63, 3.8) is 0 Å². The summed E-state index contributed by atoms with van der Waals surface area (Å²) in [6.45, 7) is 2.99. The summed E-state index contributed by atoms with van der Waals surface area (Å²) in [6, 6.07) is 16.5. The maximum atomic E-state index is 11.3. The van der Waals surface area contributed by atoms with Crippen molar-refractivity contribution in [3.05, 3.63) is 65.2 Å². The summed E-state index contributed by atoms with van der Waals surface area (Å²) in [4.78, 5) is 11.3. The van der Waals surface area contributed by atoms with Crippen LogP contribution < -0.4 is 10.6 Å². The van der Waals surface area contributed by atoms with E-state index in [0.717, 1.165) is 24.2 Å². The van der Waals surface area contributed by atoms with Gasteiger partial charge < -0.3 is 10.6 Å². The van der Waals surface area contributed by atoms with Gasteiger partial charge in [0, 0.05) is 19.3 Å². The Kier molecular flexibility index (Phi) is 5.38. The van der Waals surface area contributed by atoms with Gasteiger partial charge in [-0.25, -0.2) is 0 Å². The summed E-state index contributed by atoms with van der Waals surface area (Å²) >= 11 is 0. The van der Waals surface area contributed by atoms with Crippen molar-refractivity contribution < 1.29 is 4.79 Å². The zero-order valence-corrected chi connectivity index (χ0v) is 12.6. The largest absolute Gasteiger partial charge is 0.381 e. The van der Waals surface area contributed by atoms with E-state index in [4.69, 9.17) is 0 Å². The van der Waals surface area contributed by atoms with E-state index in [1.54, 1.807) is 7.05 Å². The Hall–Kier alpha value is -2.29. The SMILES string of the molecule is CCc1ccccc1CNc1ccc(CC(=O)NC)cc1. The maximum Gasteiger partial charge on any atom is 0.224 e. The fourth-order valence-electron chi connectivity index (χ4n) is 2.29. The van der Waals surface area contributed by atoms with Crippen LogP contribution >= 0.6 is 0 Å². The predicted molar refractivity (Wildman–Crippen MR) is 87.4 cm³/mol. The number of aryl methyl sites for hydroxylation is 1. The van der Waals surface area contributed by atoms with Crippen molar-refractivity contribution in [2.75, 3.05) is 12.4 Å². The quantitative estimate of drug-likeness (QED) is 0.854. The van der Waals surface area contributed by atoms with E-state index in [0.29, 0.717) is 6.42 Å². The van der Waals surface area contributed by atoms with Crippen molar-refractivity contribution in [1.82, 2.24) is 5.32 Å². The lowest BCUT2D eigenvalue weighted by molar-refractivity contribution is -0.119. The molecule has 0 aromatic heterocycles. The zero-order chi connectivity index (χ0) is 15.1. The Morgan fingerprint density at radius 1 is 1.00 bits per heavy atom. The lowest BCUT2D eigenvalue weighted by Gasteiger charge is -2.11. The van der Waals surface area contributed by atoms with E-state index in [1.807, 2.05) is 24.3 Å². The normalized spacial score (nSPS) is 10.2. The number of hydrogen-bond donors (Lipinski definition) is 2. The minimum Gasteiger partial charge on any atom is -0.381 e. The first-order valence-corrected chi connectivity index (χ1v) is 7.33. The second-order valence-electron chi connectivity index (χ2n) is 5.02. The van der Waals surface area contributed by atoms with Crippen molar-refractivity contribution in [2.45, 2.75) is 26.3 Å². The molecule has 3 nitrogen and oxygen atoms in total. The molecule has 2 N–H and O–H groups in total. The van der Waals surface area contributed by atoms with E-state index in [1.165, 1.54) is 11.1 Å². The van der Waals surface area contributed by atoms with Crippen LogP contribution in [0.5, 0.6) is 0 Å². The Labute approximate surface area is 126 Å². The lowest BCUT2D eigenvalue weighted by Crippen LogP contribution is -2.19. The second-order valence-corrected chi connectivity index (χ2v) is 5.02. The third-order valence-corrected chi connectivity index (χ3v) is 3.58. The standard InChI is InChI=1S/C18H22N2O/c1-3-15-6-4-5-7-16(15)13-20-17-10-8-14(9-11-17)12-18(21)19-2/h4-11,20H,3,12-13H2,1-2H3,(H,19,21). The summed E-state index contributed by atoms with van der Waals surface area (Å²) in [6.07, 6.45) is 1.47. The molecule has 3 heteroatoms. The average Bonchev–Trinajstić information content (AvgIpc) is 2.54. The van der Waals surface area contributed by atoms with E-state index >= 15 is 0 Å². The summed E-state index contributed by atoms with van der Waals surface area (Å²) in [7, 11) is 1.66. The van der Waals surface area contributed by atoms with Crippen molar-refractivity contribution in [2.24, 2.45) is 0 Å². The summed E-state index contributed by atoms with van der Waals surface area (Å²) < 4.78 is 0. The van der Waals surface area contributed by atoms with E-state index in [-0.39, 0.29) is 5.91 Å². The molecule has 0 unspecified atom stereocenters. The highest BCUT2D eigenvalue weighted by Gasteiger charge is 2.02. The van der Waals surface area contributed by atoms with Crippen LogP contribution in [0.1, 0.15) is 23.6 Å². The first-order chi connectivity index (χ1) is 10.2. The highest BCUT2D eigenvalue weighted by Crippen LogP contribution is 2.14. The van der Waals surface area contributed by atoms with Crippen LogP contribution in [-0.2, 0) is 24.2 Å². The molecule has 2 aromatic carbocycles. The van der Waals surface area contributed by atoms with Crippen molar-refractivity contribution in [3.8, 4) is 0 Å². The van der Waals surface area contributed by atoms with E-state index in [9.17, 15) is 4.79 Å². The topological polar surface area (TPSA) is 41.1 Å². The molecule has 0 aliphatic carbocycles. The summed E-state index contributed by atoms with van der Waals surface area (Å²) in [5, 5.41) is 6.06. The number of anilines is 1. The van der Waals surface area contributed by atoms with Gasteiger partial charge in [-0.15, -0.1) is 0 Å². The Morgan fingerprint density at radius 2 is 1.67 bits per heavy atom. The highest BCUT2D eigenvalue weighted by atomic mass is 16.1. The number of nitrogens with one attached hydrogen (secondary N) is 2. The van der Waals surface area contributed by atoms with Crippen LogP contribution in [0.3, 0.4) is 0 Å². The molecule has 1 amide bonds.